The molecule has 1 saturated heterocycles. The van der Waals surface area contributed by atoms with Crippen molar-refractivity contribution in [1.29, 1.82) is 0 Å². The first-order valence-electron chi connectivity index (χ1n) is 4.17. The van der Waals surface area contributed by atoms with Crippen LogP contribution in [0, 0.1) is 5.92 Å². The summed E-state index contributed by atoms with van der Waals surface area (Å²) in [4.78, 5) is 2.38. The van der Waals surface area contributed by atoms with Crippen LogP contribution in [0.3, 0.4) is 0 Å². The maximum Gasteiger partial charge on any atom is 0.0145 e. The fourth-order valence-corrected chi connectivity index (χ4v) is 2.44. The summed E-state index contributed by atoms with van der Waals surface area (Å²) in [7, 11) is 4.40. The molecule has 2 nitrogen and oxygen atoms in total. The topological polar surface area (TPSA) is 15.3 Å². The van der Waals surface area contributed by atoms with Crippen molar-refractivity contribution in [1.82, 2.24) is 10.2 Å². The quantitative estimate of drug-likeness (QED) is 0.702. The van der Waals surface area contributed by atoms with Crippen molar-refractivity contribution >= 4 is 24.8 Å². The highest BCUT2D eigenvalue weighted by Crippen LogP contribution is 2.33. The molecule has 1 saturated carbocycles. The van der Waals surface area contributed by atoms with Gasteiger partial charge >= 0.3 is 0 Å². The normalized spacial score (nSPS) is 37.8. The SMILES string of the molecule is CN(C)[C@@H]1C[C@H]2C[C@@H]1CN2.Cl.Cl. The van der Waals surface area contributed by atoms with Gasteiger partial charge in [0, 0.05) is 12.1 Å². The molecule has 74 valence electrons. The van der Waals surface area contributed by atoms with Gasteiger partial charge in [-0.2, -0.15) is 0 Å². The number of piperidine rings is 1. The van der Waals surface area contributed by atoms with Gasteiger partial charge in [-0.3, -0.25) is 0 Å². The van der Waals surface area contributed by atoms with Gasteiger partial charge in [0.05, 0.1) is 0 Å². The predicted octanol–water partition coefficient (Wildman–Crippen LogP) is 1.14. The summed E-state index contributed by atoms with van der Waals surface area (Å²) in [5.74, 6) is 0.944. The second-order valence-electron chi connectivity index (χ2n) is 3.87. The molecule has 0 aromatic rings. The van der Waals surface area contributed by atoms with Crippen LogP contribution in [0.4, 0.5) is 0 Å². The average molecular weight is 213 g/mol. The highest BCUT2D eigenvalue weighted by Gasteiger charge is 2.39. The highest BCUT2D eigenvalue weighted by atomic mass is 35.5. The van der Waals surface area contributed by atoms with Gasteiger partial charge in [-0.15, -0.1) is 24.8 Å². The van der Waals surface area contributed by atoms with Crippen LogP contribution < -0.4 is 5.32 Å². The van der Waals surface area contributed by atoms with Crippen LogP contribution in [0.25, 0.3) is 0 Å². The van der Waals surface area contributed by atoms with Gasteiger partial charge in [0.15, 0.2) is 0 Å². The molecule has 0 aromatic carbocycles. The molecule has 0 radical (unpaired) electrons. The zero-order valence-corrected chi connectivity index (χ0v) is 9.25. The minimum atomic E-state index is 0. The van der Waals surface area contributed by atoms with Gasteiger partial charge in [0.25, 0.3) is 0 Å². The maximum absolute atomic E-state index is 3.51. The molecule has 0 spiro atoms. The summed E-state index contributed by atoms with van der Waals surface area (Å²) in [5, 5.41) is 3.51. The Labute approximate surface area is 86.9 Å². The molecule has 2 rings (SSSR count). The fourth-order valence-electron chi connectivity index (χ4n) is 2.44. The molecule has 1 aliphatic heterocycles. The van der Waals surface area contributed by atoms with Crippen LogP contribution in [0.15, 0.2) is 0 Å². The number of nitrogens with zero attached hydrogens (tertiary/aromatic N) is 1. The van der Waals surface area contributed by atoms with Crippen LogP contribution in [0.2, 0.25) is 0 Å². The molecule has 12 heavy (non-hydrogen) atoms. The molecule has 0 aromatic heterocycles. The lowest BCUT2D eigenvalue weighted by molar-refractivity contribution is 0.220. The Hall–Kier alpha value is 0.500. The van der Waals surface area contributed by atoms with E-state index in [4.69, 9.17) is 0 Å². The van der Waals surface area contributed by atoms with E-state index < -0.39 is 0 Å². The third-order valence-electron chi connectivity index (χ3n) is 2.99. The second-order valence-corrected chi connectivity index (χ2v) is 3.87. The molecular formula is C8H18Cl2N2. The number of nitrogens with one attached hydrogen (secondary N) is 1. The molecule has 1 N–H and O–H groups in total. The van der Waals surface area contributed by atoms with E-state index in [1.807, 2.05) is 0 Å². The molecule has 1 aliphatic carbocycles. The number of rotatable bonds is 1. The molecule has 3 atom stereocenters. The molecule has 1 heterocycles. The Morgan fingerprint density at radius 3 is 2.08 bits per heavy atom. The van der Waals surface area contributed by atoms with E-state index in [-0.39, 0.29) is 24.8 Å². The van der Waals surface area contributed by atoms with Crippen molar-refractivity contribution in [3.63, 3.8) is 0 Å². The van der Waals surface area contributed by atoms with Crippen LogP contribution in [-0.2, 0) is 0 Å². The van der Waals surface area contributed by atoms with E-state index in [2.05, 4.69) is 24.3 Å². The van der Waals surface area contributed by atoms with Crippen molar-refractivity contribution < 1.29 is 0 Å². The lowest BCUT2D eigenvalue weighted by atomic mass is 10.0. The Morgan fingerprint density at radius 1 is 1.17 bits per heavy atom. The van der Waals surface area contributed by atoms with E-state index in [1.54, 1.807) is 0 Å². The molecule has 2 fully saturated rings. The van der Waals surface area contributed by atoms with Gasteiger partial charge < -0.3 is 10.2 Å². The molecule has 4 heteroatoms. The van der Waals surface area contributed by atoms with Crippen molar-refractivity contribution in [3.05, 3.63) is 0 Å². The number of halogens is 2. The maximum atomic E-state index is 3.51. The standard InChI is InChI=1S/C8H16N2.2ClH/c1-10(2)8-4-7-3-6(8)5-9-7;;/h6-9H,3-5H2,1-2H3;2*1H/t6-,7-,8-;;/m1../s1. The minimum Gasteiger partial charge on any atom is -0.314 e. The smallest absolute Gasteiger partial charge is 0.0145 e. The highest BCUT2D eigenvalue weighted by molar-refractivity contribution is 5.85. The lowest BCUT2D eigenvalue weighted by Crippen LogP contribution is -2.40. The van der Waals surface area contributed by atoms with Crippen molar-refractivity contribution in [2.45, 2.75) is 24.9 Å². The van der Waals surface area contributed by atoms with Crippen molar-refractivity contribution in [2.75, 3.05) is 20.6 Å². The first kappa shape index (κ1) is 12.5. The Balaban J connectivity index is 0.000000605. The summed E-state index contributed by atoms with van der Waals surface area (Å²) < 4.78 is 0. The number of hydrogen-bond donors (Lipinski definition) is 1. The van der Waals surface area contributed by atoms with Gasteiger partial charge in [-0.25, -0.2) is 0 Å². The summed E-state index contributed by atoms with van der Waals surface area (Å²) in [6.45, 7) is 1.26. The zero-order valence-electron chi connectivity index (χ0n) is 7.62. The largest absolute Gasteiger partial charge is 0.314 e. The average Bonchev–Trinajstić information content (AvgIpc) is 2.44. The van der Waals surface area contributed by atoms with Gasteiger partial charge in [0.2, 0.25) is 0 Å². The summed E-state index contributed by atoms with van der Waals surface area (Å²) in [5.41, 5.74) is 0. The molecular weight excluding hydrogens is 195 g/mol. The summed E-state index contributed by atoms with van der Waals surface area (Å²) >= 11 is 0. The van der Waals surface area contributed by atoms with E-state index in [1.165, 1.54) is 19.4 Å². The summed E-state index contributed by atoms with van der Waals surface area (Å²) in [6, 6.07) is 1.71. The van der Waals surface area contributed by atoms with Crippen LogP contribution >= 0.6 is 24.8 Å². The number of hydrogen-bond acceptors (Lipinski definition) is 2. The molecule has 2 aliphatic rings. The van der Waals surface area contributed by atoms with Crippen LogP contribution in [0.1, 0.15) is 12.8 Å². The van der Waals surface area contributed by atoms with E-state index in [0.29, 0.717) is 0 Å². The first-order chi connectivity index (χ1) is 4.77. The van der Waals surface area contributed by atoms with Crippen molar-refractivity contribution in [2.24, 2.45) is 5.92 Å². The Bertz CT molecular complexity index is 141. The molecule has 2 bridgehead atoms. The number of fused-ring (bicyclic) bond motifs is 2. The second kappa shape index (κ2) is 4.66. The van der Waals surface area contributed by atoms with Crippen molar-refractivity contribution in [3.8, 4) is 0 Å². The minimum absolute atomic E-state index is 0. The Morgan fingerprint density at radius 2 is 1.83 bits per heavy atom. The van der Waals surface area contributed by atoms with Crippen LogP contribution in [0.5, 0.6) is 0 Å². The fraction of sp³-hybridized carbons (Fsp3) is 1.00. The van der Waals surface area contributed by atoms with E-state index in [9.17, 15) is 0 Å². The third kappa shape index (κ3) is 2.05. The predicted molar refractivity (Wildman–Crippen MR) is 56.5 cm³/mol. The third-order valence-corrected chi connectivity index (χ3v) is 2.99. The van der Waals surface area contributed by atoms with Gasteiger partial charge in [-0.05, 0) is 39.4 Å². The molecule has 0 unspecified atom stereocenters. The van der Waals surface area contributed by atoms with Crippen LogP contribution in [-0.4, -0.2) is 37.6 Å². The Kier molecular flexibility index (Phi) is 4.85. The lowest BCUT2D eigenvalue weighted by Gasteiger charge is -2.28. The summed E-state index contributed by atoms with van der Waals surface area (Å²) in [6.07, 6.45) is 2.79. The van der Waals surface area contributed by atoms with Gasteiger partial charge in [0.1, 0.15) is 0 Å². The zero-order chi connectivity index (χ0) is 7.14. The first-order valence-corrected chi connectivity index (χ1v) is 4.17. The van der Waals surface area contributed by atoms with Gasteiger partial charge in [-0.1, -0.05) is 0 Å². The van der Waals surface area contributed by atoms with E-state index in [0.717, 1.165) is 18.0 Å². The molecule has 0 amide bonds. The van der Waals surface area contributed by atoms with E-state index >= 15 is 0 Å². The monoisotopic (exact) mass is 212 g/mol.